The Hall–Kier alpha value is -1.84. The largest absolute Gasteiger partial charge is 0.388 e. The summed E-state index contributed by atoms with van der Waals surface area (Å²) in [5.74, 6) is 2.42. The molecule has 0 bridgehead atoms. The van der Waals surface area contributed by atoms with Crippen LogP contribution in [0.5, 0.6) is 0 Å². The Morgan fingerprint density at radius 2 is 1.95 bits per heavy atom. The average Bonchev–Trinajstić information content (AvgIpc) is 2.98. The molecule has 1 heterocycles. The van der Waals surface area contributed by atoms with Gasteiger partial charge in [0.25, 0.3) is 0 Å². The summed E-state index contributed by atoms with van der Waals surface area (Å²) in [6, 6.07) is 8.14. The van der Waals surface area contributed by atoms with Crippen molar-refractivity contribution in [1.82, 2.24) is 15.2 Å². The molecule has 3 rings (SSSR count). The van der Waals surface area contributed by atoms with E-state index in [1.54, 1.807) is 0 Å². The van der Waals surface area contributed by atoms with E-state index in [1.807, 2.05) is 25.2 Å². The fourth-order valence-electron chi connectivity index (χ4n) is 2.85. The van der Waals surface area contributed by atoms with Gasteiger partial charge in [0.15, 0.2) is 5.82 Å². The maximum Gasteiger partial charge on any atom is 0.183 e. The highest BCUT2D eigenvalue weighted by Crippen LogP contribution is 2.32. The standard InChI is InChI=1S/C15H20N4/c1-16-13-10-6-5-9-12(13)15-17-14(18-19-15)11-7-3-2-4-8-11/h5-6,9-11,16H,2-4,7-8H2,1H3,(H,17,18,19). The van der Waals surface area contributed by atoms with Gasteiger partial charge in [0.1, 0.15) is 5.82 Å². The van der Waals surface area contributed by atoms with E-state index in [9.17, 15) is 0 Å². The van der Waals surface area contributed by atoms with Crippen LogP contribution < -0.4 is 5.32 Å². The second-order valence-corrected chi connectivity index (χ2v) is 5.17. The summed E-state index contributed by atoms with van der Waals surface area (Å²) in [7, 11) is 1.92. The van der Waals surface area contributed by atoms with E-state index >= 15 is 0 Å². The van der Waals surface area contributed by atoms with Gasteiger partial charge in [-0.15, -0.1) is 0 Å². The Bertz CT molecular complexity index is 541. The number of H-pyrrole nitrogens is 1. The van der Waals surface area contributed by atoms with Crippen LogP contribution in [0.1, 0.15) is 43.8 Å². The molecule has 0 spiro atoms. The van der Waals surface area contributed by atoms with E-state index in [1.165, 1.54) is 32.1 Å². The van der Waals surface area contributed by atoms with Gasteiger partial charge in [-0.1, -0.05) is 31.4 Å². The molecule has 0 unspecified atom stereocenters. The molecule has 0 saturated heterocycles. The lowest BCUT2D eigenvalue weighted by atomic mass is 9.89. The number of aromatic nitrogens is 3. The van der Waals surface area contributed by atoms with Crippen molar-refractivity contribution in [1.29, 1.82) is 0 Å². The summed E-state index contributed by atoms with van der Waals surface area (Å²) in [5, 5.41) is 10.7. The number of hydrogen-bond acceptors (Lipinski definition) is 3. The van der Waals surface area contributed by atoms with Gasteiger partial charge in [0.05, 0.1) is 0 Å². The van der Waals surface area contributed by atoms with Gasteiger partial charge in [-0.3, -0.25) is 5.10 Å². The zero-order valence-electron chi connectivity index (χ0n) is 11.3. The molecule has 19 heavy (non-hydrogen) atoms. The quantitative estimate of drug-likeness (QED) is 0.882. The molecule has 0 radical (unpaired) electrons. The minimum atomic E-state index is 0.566. The van der Waals surface area contributed by atoms with Gasteiger partial charge >= 0.3 is 0 Å². The minimum Gasteiger partial charge on any atom is -0.388 e. The minimum absolute atomic E-state index is 0.566. The van der Waals surface area contributed by atoms with Crippen molar-refractivity contribution < 1.29 is 0 Å². The zero-order valence-corrected chi connectivity index (χ0v) is 11.3. The van der Waals surface area contributed by atoms with E-state index in [4.69, 9.17) is 4.98 Å². The van der Waals surface area contributed by atoms with E-state index < -0.39 is 0 Å². The monoisotopic (exact) mass is 256 g/mol. The molecule has 2 N–H and O–H groups in total. The van der Waals surface area contributed by atoms with E-state index in [0.717, 1.165) is 22.9 Å². The number of nitrogens with zero attached hydrogens (tertiary/aromatic N) is 2. The summed E-state index contributed by atoms with van der Waals surface area (Å²) < 4.78 is 0. The number of aromatic amines is 1. The second kappa shape index (κ2) is 5.43. The first-order valence-corrected chi connectivity index (χ1v) is 7.08. The van der Waals surface area contributed by atoms with Crippen LogP contribution in [-0.2, 0) is 0 Å². The van der Waals surface area contributed by atoms with Crippen molar-refractivity contribution in [2.24, 2.45) is 0 Å². The Kier molecular flexibility index (Phi) is 3.49. The smallest absolute Gasteiger partial charge is 0.183 e. The maximum atomic E-state index is 4.71. The molecule has 100 valence electrons. The van der Waals surface area contributed by atoms with Gasteiger partial charge in [0, 0.05) is 24.2 Å². The highest BCUT2D eigenvalue weighted by atomic mass is 15.2. The molecular formula is C15H20N4. The molecule has 0 aliphatic heterocycles. The Morgan fingerprint density at radius 1 is 1.16 bits per heavy atom. The molecule has 1 aliphatic carbocycles. The van der Waals surface area contributed by atoms with E-state index in [-0.39, 0.29) is 0 Å². The predicted octanol–water partition coefficient (Wildman–Crippen LogP) is 3.56. The number of benzene rings is 1. The van der Waals surface area contributed by atoms with E-state index in [0.29, 0.717) is 5.92 Å². The topological polar surface area (TPSA) is 53.6 Å². The van der Waals surface area contributed by atoms with Gasteiger partial charge in [-0.05, 0) is 25.0 Å². The Morgan fingerprint density at radius 3 is 2.74 bits per heavy atom. The molecule has 1 saturated carbocycles. The van der Waals surface area contributed by atoms with Gasteiger partial charge in [-0.25, -0.2) is 4.98 Å². The maximum absolute atomic E-state index is 4.71. The van der Waals surface area contributed by atoms with Crippen LogP contribution in [0, 0.1) is 0 Å². The average molecular weight is 256 g/mol. The van der Waals surface area contributed by atoms with Crippen molar-refractivity contribution in [2.75, 3.05) is 12.4 Å². The fourth-order valence-corrected chi connectivity index (χ4v) is 2.85. The lowest BCUT2D eigenvalue weighted by Gasteiger charge is -2.18. The Balaban J connectivity index is 1.88. The summed E-state index contributed by atoms with van der Waals surface area (Å²) in [6.07, 6.45) is 6.46. The van der Waals surface area contributed by atoms with Gasteiger partial charge in [0.2, 0.25) is 0 Å². The molecule has 2 aromatic rings. The molecule has 0 amide bonds. The van der Waals surface area contributed by atoms with Crippen LogP contribution in [0.15, 0.2) is 24.3 Å². The lowest BCUT2D eigenvalue weighted by Crippen LogP contribution is -2.06. The van der Waals surface area contributed by atoms with Crippen LogP contribution in [0.25, 0.3) is 11.4 Å². The number of nitrogens with one attached hydrogen (secondary N) is 2. The molecular weight excluding hydrogens is 236 g/mol. The highest BCUT2D eigenvalue weighted by molar-refractivity contribution is 5.72. The van der Waals surface area contributed by atoms with Gasteiger partial charge < -0.3 is 5.32 Å². The van der Waals surface area contributed by atoms with Crippen LogP contribution in [0.4, 0.5) is 5.69 Å². The normalized spacial score (nSPS) is 16.5. The van der Waals surface area contributed by atoms with Crippen molar-refractivity contribution in [3.63, 3.8) is 0 Å². The molecule has 1 aromatic carbocycles. The second-order valence-electron chi connectivity index (χ2n) is 5.17. The number of rotatable bonds is 3. The summed E-state index contributed by atoms with van der Waals surface area (Å²) >= 11 is 0. The van der Waals surface area contributed by atoms with Crippen LogP contribution in [-0.4, -0.2) is 22.2 Å². The van der Waals surface area contributed by atoms with Crippen molar-refractivity contribution in [3.05, 3.63) is 30.1 Å². The predicted molar refractivity (Wildman–Crippen MR) is 77.2 cm³/mol. The third kappa shape index (κ3) is 2.48. The molecule has 4 nitrogen and oxygen atoms in total. The molecule has 4 heteroatoms. The number of anilines is 1. The third-order valence-electron chi connectivity index (χ3n) is 3.93. The summed E-state index contributed by atoms with van der Waals surface area (Å²) in [4.78, 5) is 4.71. The molecule has 0 atom stereocenters. The first-order chi connectivity index (χ1) is 9.38. The third-order valence-corrected chi connectivity index (χ3v) is 3.93. The van der Waals surface area contributed by atoms with Gasteiger partial charge in [-0.2, -0.15) is 5.10 Å². The van der Waals surface area contributed by atoms with Crippen LogP contribution in [0.3, 0.4) is 0 Å². The van der Waals surface area contributed by atoms with Crippen molar-refractivity contribution >= 4 is 5.69 Å². The lowest BCUT2D eigenvalue weighted by molar-refractivity contribution is 0.429. The first-order valence-electron chi connectivity index (χ1n) is 7.08. The zero-order chi connectivity index (χ0) is 13.1. The highest BCUT2D eigenvalue weighted by Gasteiger charge is 2.20. The van der Waals surface area contributed by atoms with Crippen LogP contribution >= 0.6 is 0 Å². The number of para-hydroxylation sites is 1. The van der Waals surface area contributed by atoms with Crippen molar-refractivity contribution in [2.45, 2.75) is 38.0 Å². The Labute approximate surface area is 113 Å². The molecule has 1 aliphatic rings. The first kappa shape index (κ1) is 12.2. The van der Waals surface area contributed by atoms with Crippen LogP contribution in [0.2, 0.25) is 0 Å². The molecule has 1 aromatic heterocycles. The summed E-state index contributed by atoms with van der Waals surface area (Å²) in [5.41, 5.74) is 2.13. The van der Waals surface area contributed by atoms with E-state index in [2.05, 4.69) is 21.6 Å². The van der Waals surface area contributed by atoms with Crippen molar-refractivity contribution in [3.8, 4) is 11.4 Å². The SMILES string of the molecule is CNc1ccccc1-c1n[nH]c(C2CCCCC2)n1. The number of hydrogen-bond donors (Lipinski definition) is 2. The summed E-state index contributed by atoms with van der Waals surface area (Å²) in [6.45, 7) is 0. The fraction of sp³-hybridized carbons (Fsp3) is 0.467. The molecule has 1 fully saturated rings.